The van der Waals surface area contributed by atoms with E-state index in [0.717, 1.165) is 0 Å². The first kappa shape index (κ1) is 14.6. The Labute approximate surface area is 111 Å². The molecular formula is C12H10BrF2NO2. The lowest BCUT2D eigenvalue weighted by Gasteiger charge is -2.11. The Morgan fingerprint density at radius 2 is 2.22 bits per heavy atom. The molecule has 0 amide bonds. The molecule has 18 heavy (non-hydrogen) atoms. The lowest BCUT2D eigenvalue weighted by atomic mass is 10.0. The van der Waals surface area contributed by atoms with Crippen LogP contribution in [0.5, 0.6) is 0 Å². The predicted molar refractivity (Wildman–Crippen MR) is 64.2 cm³/mol. The van der Waals surface area contributed by atoms with Crippen LogP contribution in [0.15, 0.2) is 16.6 Å². The van der Waals surface area contributed by atoms with Gasteiger partial charge in [0.1, 0.15) is 0 Å². The van der Waals surface area contributed by atoms with Gasteiger partial charge in [-0.05, 0) is 24.6 Å². The molecule has 1 rings (SSSR count). The van der Waals surface area contributed by atoms with Crippen LogP contribution in [0, 0.1) is 11.3 Å². The van der Waals surface area contributed by atoms with Crippen molar-refractivity contribution in [3.05, 3.63) is 33.3 Å². The maximum atomic E-state index is 12.9. The molecule has 0 radical (unpaired) electrons. The van der Waals surface area contributed by atoms with Crippen LogP contribution in [0.1, 0.15) is 30.0 Å². The van der Waals surface area contributed by atoms with Crippen molar-refractivity contribution >= 4 is 21.9 Å². The van der Waals surface area contributed by atoms with Gasteiger partial charge in [0.05, 0.1) is 24.7 Å². The minimum Gasteiger partial charge on any atom is -0.466 e. The van der Waals surface area contributed by atoms with E-state index in [0.29, 0.717) is 0 Å². The van der Waals surface area contributed by atoms with Crippen LogP contribution in [0.25, 0.3) is 0 Å². The zero-order valence-electron chi connectivity index (χ0n) is 9.54. The van der Waals surface area contributed by atoms with Crippen molar-refractivity contribution in [2.75, 3.05) is 6.61 Å². The summed E-state index contributed by atoms with van der Waals surface area (Å²) in [5.41, 5.74) is 0.0435. The van der Waals surface area contributed by atoms with E-state index in [4.69, 9.17) is 10.00 Å². The lowest BCUT2D eigenvalue weighted by molar-refractivity contribution is -0.142. The summed E-state index contributed by atoms with van der Waals surface area (Å²) in [6.45, 7) is 1.81. The molecule has 1 aromatic rings. The number of rotatable bonds is 4. The summed E-state index contributed by atoms with van der Waals surface area (Å²) in [7, 11) is 0. The van der Waals surface area contributed by atoms with E-state index in [1.165, 1.54) is 12.1 Å². The topological polar surface area (TPSA) is 50.1 Å². The molecule has 0 aliphatic heterocycles. The van der Waals surface area contributed by atoms with Gasteiger partial charge in [-0.1, -0.05) is 15.9 Å². The van der Waals surface area contributed by atoms with Crippen molar-refractivity contribution in [1.82, 2.24) is 0 Å². The Balaban J connectivity index is 3.18. The van der Waals surface area contributed by atoms with Crippen LogP contribution >= 0.6 is 15.9 Å². The van der Waals surface area contributed by atoms with E-state index in [9.17, 15) is 13.6 Å². The largest absolute Gasteiger partial charge is 0.466 e. The fourth-order valence-corrected chi connectivity index (χ4v) is 2.17. The number of carbonyl (C=O) groups excluding carboxylic acids is 1. The van der Waals surface area contributed by atoms with Crippen molar-refractivity contribution in [2.45, 2.75) is 19.8 Å². The van der Waals surface area contributed by atoms with E-state index >= 15 is 0 Å². The Morgan fingerprint density at radius 1 is 1.56 bits per heavy atom. The highest BCUT2D eigenvalue weighted by molar-refractivity contribution is 9.10. The van der Waals surface area contributed by atoms with Crippen molar-refractivity contribution in [2.24, 2.45) is 0 Å². The Kier molecular flexibility index (Phi) is 5.23. The molecule has 96 valence electrons. The minimum absolute atomic E-state index is 0.106. The van der Waals surface area contributed by atoms with Crippen molar-refractivity contribution in [1.29, 1.82) is 5.26 Å². The van der Waals surface area contributed by atoms with Crippen molar-refractivity contribution < 1.29 is 18.3 Å². The molecule has 0 aliphatic rings. The number of halogens is 3. The number of benzene rings is 1. The van der Waals surface area contributed by atoms with Crippen LogP contribution in [-0.4, -0.2) is 12.6 Å². The van der Waals surface area contributed by atoms with E-state index in [1.54, 1.807) is 6.92 Å². The first-order valence-corrected chi connectivity index (χ1v) is 5.95. The monoisotopic (exact) mass is 317 g/mol. The zero-order chi connectivity index (χ0) is 13.7. The van der Waals surface area contributed by atoms with Gasteiger partial charge >= 0.3 is 5.97 Å². The number of ether oxygens (including phenoxy) is 1. The molecule has 0 aliphatic carbocycles. The van der Waals surface area contributed by atoms with Crippen LogP contribution in [-0.2, 0) is 16.0 Å². The average Bonchev–Trinajstić information content (AvgIpc) is 2.27. The smallest absolute Gasteiger partial charge is 0.310 e. The SMILES string of the molecule is CCOC(=O)Cc1cc(C#N)cc(Br)c1C(F)F. The summed E-state index contributed by atoms with van der Waals surface area (Å²) in [6, 6.07) is 4.44. The molecular weight excluding hydrogens is 308 g/mol. The molecule has 0 fully saturated rings. The van der Waals surface area contributed by atoms with Gasteiger partial charge in [-0.25, -0.2) is 8.78 Å². The number of carbonyl (C=O) groups is 1. The van der Waals surface area contributed by atoms with Gasteiger partial charge in [0.2, 0.25) is 0 Å². The quantitative estimate of drug-likeness (QED) is 0.800. The normalized spacial score (nSPS) is 10.2. The van der Waals surface area contributed by atoms with E-state index in [-0.39, 0.29) is 34.2 Å². The van der Waals surface area contributed by atoms with Crippen LogP contribution in [0.2, 0.25) is 0 Å². The van der Waals surface area contributed by atoms with Crippen molar-refractivity contribution in [3.8, 4) is 6.07 Å². The molecule has 0 bridgehead atoms. The van der Waals surface area contributed by atoms with E-state index in [1.807, 2.05) is 6.07 Å². The predicted octanol–water partition coefficient (Wildman–Crippen LogP) is 3.36. The third-order valence-corrected chi connectivity index (χ3v) is 2.86. The summed E-state index contributed by atoms with van der Waals surface area (Å²) < 4.78 is 30.6. The van der Waals surface area contributed by atoms with E-state index in [2.05, 4.69) is 15.9 Å². The second kappa shape index (κ2) is 6.45. The number of nitrogens with zero attached hydrogens (tertiary/aromatic N) is 1. The Hall–Kier alpha value is -1.48. The van der Waals surface area contributed by atoms with Gasteiger partial charge in [-0.15, -0.1) is 0 Å². The highest BCUT2D eigenvalue weighted by Gasteiger charge is 2.20. The highest BCUT2D eigenvalue weighted by Crippen LogP contribution is 2.32. The lowest BCUT2D eigenvalue weighted by Crippen LogP contribution is -2.10. The van der Waals surface area contributed by atoms with Gasteiger partial charge < -0.3 is 4.74 Å². The van der Waals surface area contributed by atoms with Gasteiger partial charge in [0.25, 0.3) is 6.43 Å². The summed E-state index contributed by atoms with van der Waals surface area (Å²) in [5.74, 6) is -0.596. The van der Waals surface area contributed by atoms with Crippen LogP contribution in [0.4, 0.5) is 8.78 Å². The summed E-state index contributed by atoms with van der Waals surface area (Å²) in [6.07, 6.45) is -3.00. The molecule has 0 atom stereocenters. The summed E-state index contributed by atoms with van der Waals surface area (Å²) in [4.78, 5) is 11.3. The first-order chi connectivity index (χ1) is 8.49. The molecule has 6 heteroatoms. The van der Waals surface area contributed by atoms with Gasteiger partial charge in [0.15, 0.2) is 0 Å². The summed E-state index contributed by atoms with van der Waals surface area (Å²) in [5, 5.41) is 8.78. The molecule has 0 unspecified atom stereocenters. The molecule has 0 aromatic heterocycles. The standard InChI is InChI=1S/C12H10BrF2NO2/c1-2-18-10(17)5-8-3-7(6-16)4-9(13)11(8)12(14)15/h3-4,12H,2,5H2,1H3. The number of nitriles is 1. The fourth-order valence-electron chi connectivity index (χ4n) is 1.50. The Bertz CT molecular complexity index is 498. The van der Waals surface area contributed by atoms with Gasteiger partial charge in [0, 0.05) is 10.0 Å². The number of esters is 1. The highest BCUT2D eigenvalue weighted by atomic mass is 79.9. The molecule has 0 spiro atoms. The number of hydrogen-bond acceptors (Lipinski definition) is 3. The average molecular weight is 318 g/mol. The second-order valence-corrected chi connectivity index (χ2v) is 4.28. The third kappa shape index (κ3) is 3.50. The molecule has 1 aromatic carbocycles. The summed E-state index contributed by atoms with van der Waals surface area (Å²) >= 11 is 2.99. The van der Waals surface area contributed by atoms with Crippen molar-refractivity contribution in [3.63, 3.8) is 0 Å². The molecule has 3 nitrogen and oxygen atoms in total. The maximum Gasteiger partial charge on any atom is 0.310 e. The third-order valence-electron chi connectivity index (χ3n) is 2.20. The number of alkyl halides is 2. The first-order valence-electron chi connectivity index (χ1n) is 5.15. The fraction of sp³-hybridized carbons (Fsp3) is 0.333. The van der Waals surface area contributed by atoms with Crippen LogP contribution in [0.3, 0.4) is 0 Å². The zero-order valence-corrected chi connectivity index (χ0v) is 11.1. The van der Waals surface area contributed by atoms with Crippen LogP contribution < -0.4 is 0 Å². The second-order valence-electron chi connectivity index (χ2n) is 3.43. The number of hydrogen-bond donors (Lipinski definition) is 0. The minimum atomic E-state index is -2.73. The maximum absolute atomic E-state index is 12.9. The molecule has 0 N–H and O–H groups in total. The molecule has 0 saturated heterocycles. The Morgan fingerprint density at radius 3 is 2.72 bits per heavy atom. The van der Waals surface area contributed by atoms with Gasteiger partial charge in [-0.3, -0.25) is 4.79 Å². The molecule has 0 heterocycles. The van der Waals surface area contributed by atoms with E-state index < -0.39 is 12.4 Å². The molecule has 0 saturated carbocycles. The van der Waals surface area contributed by atoms with Gasteiger partial charge in [-0.2, -0.15) is 5.26 Å².